The fraction of sp³-hybridized carbons (Fsp3) is 0.789. The summed E-state index contributed by atoms with van der Waals surface area (Å²) in [7, 11) is 0. The Kier molecular flexibility index (Phi) is 8.00. The van der Waals surface area contributed by atoms with Crippen LogP contribution in [0, 0.1) is 0 Å². The molecule has 1 saturated heterocycles. The van der Waals surface area contributed by atoms with E-state index in [1.165, 1.54) is 11.9 Å². The maximum Gasteiger partial charge on any atom is 0.408 e. The number of amides is 2. The summed E-state index contributed by atoms with van der Waals surface area (Å²) in [5.41, 5.74) is -0.606. The van der Waals surface area contributed by atoms with Crippen LogP contribution in [0.4, 0.5) is 4.79 Å². The summed E-state index contributed by atoms with van der Waals surface area (Å²) in [6.07, 6.45) is 4.64. The predicted molar refractivity (Wildman–Crippen MR) is 108 cm³/mol. The van der Waals surface area contributed by atoms with Crippen molar-refractivity contribution in [3.8, 4) is 0 Å². The second-order valence-electron chi connectivity index (χ2n) is 8.18. The van der Waals surface area contributed by atoms with Crippen LogP contribution in [0.5, 0.6) is 0 Å². The molecule has 2 rings (SSSR count). The Labute approximate surface area is 166 Å². The highest BCUT2D eigenvalue weighted by Gasteiger charge is 2.44. The van der Waals surface area contributed by atoms with Crippen molar-refractivity contribution in [1.29, 1.82) is 0 Å². The summed E-state index contributed by atoms with van der Waals surface area (Å²) < 4.78 is 13.7. The molecule has 2 N–H and O–H groups in total. The second kappa shape index (κ2) is 9.80. The van der Waals surface area contributed by atoms with Crippen LogP contribution in [0.1, 0.15) is 46.5 Å². The molecule has 1 saturated carbocycles. The lowest BCUT2D eigenvalue weighted by molar-refractivity contribution is -0.121. The topological polar surface area (TPSA) is 79.9 Å². The number of alkyl carbamates (subject to hydrolysis) is 1. The highest BCUT2D eigenvalue weighted by molar-refractivity contribution is 7.99. The number of hydrogen-bond acceptors (Lipinski definition) is 6. The summed E-state index contributed by atoms with van der Waals surface area (Å²) in [6, 6.07) is -0.681. The van der Waals surface area contributed by atoms with Gasteiger partial charge >= 0.3 is 6.09 Å². The van der Waals surface area contributed by atoms with Gasteiger partial charge in [-0.1, -0.05) is 6.08 Å². The summed E-state index contributed by atoms with van der Waals surface area (Å²) in [5.74, 6) is -0.219. The predicted octanol–water partition coefficient (Wildman–Crippen LogP) is 2.48. The van der Waals surface area contributed by atoms with Crippen LogP contribution in [0.15, 0.2) is 12.7 Å². The Bertz CT molecular complexity index is 526. The molecule has 1 atom stereocenters. The third-order valence-electron chi connectivity index (χ3n) is 4.57. The molecule has 0 spiro atoms. The van der Waals surface area contributed by atoms with Crippen LogP contribution in [0.3, 0.4) is 0 Å². The molecule has 2 amide bonds. The summed E-state index contributed by atoms with van der Waals surface area (Å²) >= 11 is 1.50. The molecule has 0 aromatic carbocycles. The van der Waals surface area contributed by atoms with Crippen molar-refractivity contribution in [1.82, 2.24) is 14.9 Å². The zero-order valence-electron chi connectivity index (χ0n) is 16.7. The van der Waals surface area contributed by atoms with E-state index in [4.69, 9.17) is 9.47 Å². The minimum atomic E-state index is -0.681. The number of nitrogens with zero attached hydrogens (tertiary/aromatic N) is 1. The normalized spacial score (nSPS) is 20.4. The summed E-state index contributed by atoms with van der Waals surface area (Å²) in [4.78, 5) is 26.9. The molecule has 1 aliphatic heterocycles. The largest absolute Gasteiger partial charge is 0.444 e. The first-order valence-electron chi connectivity index (χ1n) is 9.61. The highest BCUT2D eigenvalue weighted by Crippen LogP contribution is 2.50. The van der Waals surface area contributed by atoms with Crippen LogP contribution in [0.2, 0.25) is 0 Å². The molecule has 0 aromatic rings. The van der Waals surface area contributed by atoms with Gasteiger partial charge in [0.05, 0.1) is 13.2 Å². The minimum absolute atomic E-state index is 0.124. The van der Waals surface area contributed by atoms with Gasteiger partial charge in [0.25, 0.3) is 5.91 Å². The molecule has 154 valence electrons. The van der Waals surface area contributed by atoms with Crippen molar-refractivity contribution < 1.29 is 19.1 Å². The lowest BCUT2D eigenvalue weighted by Crippen LogP contribution is -2.47. The lowest BCUT2D eigenvalue weighted by Gasteiger charge is -2.28. The third kappa shape index (κ3) is 8.11. The van der Waals surface area contributed by atoms with Crippen LogP contribution in [0.25, 0.3) is 0 Å². The van der Waals surface area contributed by atoms with Crippen LogP contribution in [-0.2, 0) is 14.3 Å². The van der Waals surface area contributed by atoms with Gasteiger partial charge in [0.15, 0.2) is 0 Å². The maximum absolute atomic E-state index is 12.5. The number of morpholine rings is 1. The van der Waals surface area contributed by atoms with Gasteiger partial charge in [-0.25, -0.2) is 4.79 Å². The van der Waals surface area contributed by atoms with Gasteiger partial charge < -0.3 is 14.8 Å². The van der Waals surface area contributed by atoms with E-state index in [2.05, 4.69) is 21.5 Å². The average molecular weight is 400 g/mol. The third-order valence-corrected chi connectivity index (χ3v) is 5.92. The molecular weight excluding hydrogens is 366 g/mol. The lowest BCUT2D eigenvalue weighted by atomic mass is 10.2. The first-order valence-corrected chi connectivity index (χ1v) is 10.4. The zero-order chi connectivity index (χ0) is 19.9. The Morgan fingerprint density at radius 2 is 2.00 bits per heavy atom. The van der Waals surface area contributed by atoms with Gasteiger partial charge in [0.2, 0.25) is 0 Å². The van der Waals surface area contributed by atoms with Gasteiger partial charge in [-0.05, 0) is 64.9 Å². The fourth-order valence-electron chi connectivity index (χ4n) is 2.81. The van der Waals surface area contributed by atoms with Gasteiger partial charge in [-0.3, -0.25) is 14.4 Å². The minimum Gasteiger partial charge on any atom is -0.444 e. The first-order chi connectivity index (χ1) is 12.7. The SMILES string of the molecule is C=CCC(NC(=O)OC(C)(C)C)C(=O)NSC1(CCN2CCOCC2)CC1. The maximum atomic E-state index is 12.5. The van der Waals surface area contributed by atoms with Crippen molar-refractivity contribution in [3.63, 3.8) is 0 Å². The van der Waals surface area contributed by atoms with Crippen molar-refractivity contribution in [2.24, 2.45) is 0 Å². The van der Waals surface area contributed by atoms with Crippen LogP contribution >= 0.6 is 11.9 Å². The smallest absolute Gasteiger partial charge is 0.408 e. The van der Waals surface area contributed by atoms with Crippen molar-refractivity contribution >= 4 is 23.9 Å². The number of carbonyl (C=O) groups is 2. The Balaban J connectivity index is 1.77. The van der Waals surface area contributed by atoms with E-state index < -0.39 is 17.7 Å². The van der Waals surface area contributed by atoms with Gasteiger partial charge in [0, 0.05) is 17.8 Å². The Morgan fingerprint density at radius 3 is 2.56 bits per heavy atom. The Hall–Kier alpha value is -1.25. The molecule has 0 radical (unpaired) electrons. The summed E-state index contributed by atoms with van der Waals surface area (Å²) in [5, 5.41) is 2.63. The molecule has 0 aromatic heterocycles. The van der Waals surface area contributed by atoms with E-state index in [0.717, 1.165) is 52.1 Å². The fourth-order valence-corrected chi connectivity index (χ4v) is 3.77. The van der Waals surface area contributed by atoms with Crippen molar-refractivity contribution in [2.75, 3.05) is 32.8 Å². The number of nitrogens with one attached hydrogen (secondary N) is 2. The van der Waals surface area contributed by atoms with E-state index >= 15 is 0 Å². The highest BCUT2D eigenvalue weighted by atomic mass is 32.2. The van der Waals surface area contributed by atoms with E-state index in [0.29, 0.717) is 6.42 Å². The quantitative estimate of drug-likeness (QED) is 0.458. The van der Waals surface area contributed by atoms with Gasteiger partial charge in [0.1, 0.15) is 11.6 Å². The first kappa shape index (κ1) is 22.0. The number of carbonyl (C=O) groups excluding carboxylic acids is 2. The molecule has 1 unspecified atom stereocenters. The second-order valence-corrected chi connectivity index (χ2v) is 9.45. The average Bonchev–Trinajstić information content (AvgIpc) is 3.37. The number of ether oxygens (including phenoxy) is 2. The van der Waals surface area contributed by atoms with Gasteiger partial charge in [-0.15, -0.1) is 6.58 Å². The standard InChI is InChI=1S/C19H33N3O4S/c1-5-6-15(20-17(24)26-18(2,3)4)16(23)21-27-19(7-8-19)9-10-22-11-13-25-14-12-22/h5,15H,1,6-14H2,2-4H3,(H,20,24)(H,21,23). The molecule has 0 bridgehead atoms. The monoisotopic (exact) mass is 399 g/mol. The molecule has 27 heavy (non-hydrogen) atoms. The van der Waals surface area contributed by atoms with Gasteiger partial charge in [-0.2, -0.15) is 0 Å². The molecule has 1 aliphatic carbocycles. The number of rotatable bonds is 9. The molecule has 7 nitrogen and oxygen atoms in total. The molecular formula is C19H33N3O4S. The summed E-state index contributed by atoms with van der Waals surface area (Å²) in [6.45, 7) is 13.6. The van der Waals surface area contributed by atoms with E-state index in [1.807, 2.05) is 0 Å². The molecule has 8 heteroatoms. The van der Waals surface area contributed by atoms with E-state index in [1.54, 1.807) is 26.8 Å². The van der Waals surface area contributed by atoms with Crippen molar-refractivity contribution in [3.05, 3.63) is 12.7 Å². The van der Waals surface area contributed by atoms with Crippen molar-refractivity contribution in [2.45, 2.75) is 62.8 Å². The zero-order valence-corrected chi connectivity index (χ0v) is 17.5. The van der Waals surface area contributed by atoms with Crippen LogP contribution < -0.4 is 10.0 Å². The Morgan fingerprint density at radius 1 is 1.33 bits per heavy atom. The van der Waals surface area contributed by atoms with Crippen LogP contribution in [-0.4, -0.2) is 66.1 Å². The molecule has 2 aliphatic rings. The molecule has 2 fully saturated rings. The number of hydrogen-bond donors (Lipinski definition) is 2. The molecule has 1 heterocycles. The van der Waals surface area contributed by atoms with E-state index in [-0.39, 0.29) is 10.7 Å². The van der Waals surface area contributed by atoms with E-state index in [9.17, 15) is 9.59 Å².